The molecule has 0 bridgehead atoms. The van der Waals surface area contributed by atoms with Crippen molar-refractivity contribution in [3.05, 3.63) is 35.3 Å². The Morgan fingerprint density at radius 1 is 0.957 bits per heavy atom. The summed E-state index contributed by atoms with van der Waals surface area (Å²) in [5.41, 5.74) is 0. The maximum absolute atomic E-state index is 11.4. The summed E-state index contributed by atoms with van der Waals surface area (Å²) in [6.45, 7) is 0. The third kappa shape index (κ3) is 4.84. The molecule has 0 saturated carbocycles. The Kier molecular flexibility index (Phi) is 6.47. The average molecular weight is 429 g/mol. The molecule has 0 fully saturated rings. The first kappa shape index (κ1) is 19.8. The minimum Gasteiger partial charge on any atom is -0.189 e. The largest absolute Gasteiger partial charge is 0.322 e. The van der Waals surface area contributed by atoms with E-state index in [1.807, 2.05) is 0 Å². The van der Waals surface area contributed by atoms with Gasteiger partial charge in [-0.1, -0.05) is 0 Å². The third-order valence-corrected chi connectivity index (χ3v) is 6.04. The van der Waals surface area contributed by atoms with Crippen molar-refractivity contribution in [3.8, 4) is 0 Å². The molecule has 10 nitrogen and oxygen atoms in total. The number of aromatic nitrogens is 4. The van der Waals surface area contributed by atoms with Crippen LogP contribution in [-0.4, -0.2) is 72.0 Å². The summed E-state index contributed by atoms with van der Waals surface area (Å²) in [6.07, 6.45) is 4.18. The molecule has 0 unspecified atom stereocenters. The van der Waals surface area contributed by atoms with Crippen LogP contribution in [-0.2, 0) is 20.4 Å². The van der Waals surface area contributed by atoms with Gasteiger partial charge in [0.05, 0.1) is 6.20 Å². The van der Waals surface area contributed by atoms with E-state index in [1.54, 1.807) is 12.1 Å². The summed E-state index contributed by atoms with van der Waals surface area (Å²) in [7, 11) is -1.03. The molecule has 23 heavy (non-hydrogen) atoms. The lowest BCUT2D eigenvalue weighted by Gasteiger charge is -2.09. The van der Waals surface area contributed by atoms with Gasteiger partial charge in [0.25, 0.3) is 0 Å². The molecule has 0 aliphatic rings. The van der Waals surface area contributed by atoms with Crippen LogP contribution in [0.1, 0.15) is 0 Å². The summed E-state index contributed by atoms with van der Waals surface area (Å²) in [4.78, 5) is 0. The van der Waals surface area contributed by atoms with Crippen LogP contribution in [0.2, 0.25) is 0 Å². The van der Waals surface area contributed by atoms with E-state index in [1.165, 1.54) is 46.8 Å². The molecule has 0 atom stereocenters. The van der Waals surface area contributed by atoms with Gasteiger partial charge in [-0.3, -0.25) is 0 Å². The van der Waals surface area contributed by atoms with Crippen LogP contribution in [0.25, 0.3) is 0 Å². The zero-order valence-electron chi connectivity index (χ0n) is 12.9. The van der Waals surface area contributed by atoms with Crippen LogP contribution in [0.3, 0.4) is 0 Å². The molecule has 130 valence electrons. The molecule has 0 aromatic carbocycles. The first-order valence-electron chi connectivity index (χ1n) is 6.06. The van der Waals surface area contributed by atoms with Crippen molar-refractivity contribution in [2.75, 3.05) is 28.2 Å². The standard InChI is InChI=1S/C5H8BrN3O2S.C5H9N3O2S/c1-8(2)12(10,11)9-4-3-5(6)7-9;1-7(2)11(9,10)8-5-3-4-6-8/h3-4H,1-2H3;3-5H,1-2H3. The minimum atomic E-state index is -3.45. The van der Waals surface area contributed by atoms with Gasteiger partial charge in [0.2, 0.25) is 0 Å². The Morgan fingerprint density at radius 2 is 1.48 bits per heavy atom. The Bertz CT molecular complexity index is 827. The summed E-state index contributed by atoms with van der Waals surface area (Å²) in [5, 5.41) is 7.30. The number of hydrogen-bond acceptors (Lipinski definition) is 6. The molecule has 0 aliphatic heterocycles. The molecule has 0 aliphatic carbocycles. The molecule has 2 heterocycles. The zero-order valence-corrected chi connectivity index (χ0v) is 16.1. The first-order valence-corrected chi connectivity index (χ1v) is 9.65. The molecule has 2 aromatic heterocycles. The summed E-state index contributed by atoms with van der Waals surface area (Å²) >= 11 is 3.06. The third-order valence-electron chi connectivity index (χ3n) is 2.41. The van der Waals surface area contributed by atoms with E-state index in [0.29, 0.717) is 4.60 Å². The highest BCUT2D eigenvalue weighted by Gasteiger charge is 2.16. The molecule has 2 rings (SSSR count). The zero-order chi connectivity index (χ0) is 17.8. The minimum absolute atomic E-state index is 0.493. The van der Waals surface area contributed by atoms with E-state index in [4.69, 9.17) is 0 Å². The highest BCUT2D eigenvalue weighted by atomic mass is 79.9. The fourth-order valence-corrected chi connectivity index (χ4v) is 3.01. The average Bonchev–Trinajstić information content (AvgIpc) is 3.10. The normalized spacial score (nSPS) is 12.3. The van der Waals surface area contributed by atoms with Crippen LogP contribution < -0.4 is 0 Å². The quantitative estimate of drug-likeness (QED) is 0.668. The van der Waals surface area contributed by atoms with E-state index in [9.17, 15) is 16.8 Å². The summed E-state index contributed by atoms with van der Waals surface area (Å²) in [5.74, 6) is 0. The van der Waals surface area contributed by atoms with E-state index >= 15 is 0 Å². The fraction of sp³-hybridized carbons (Fsp3) is 0.400. The van der Waals surface area contributed by atoms with Gasteiger partial charge in [-0.25, -0.2) is 0 Å². The monoisotopic (exact) mass is 428 g/mol. The predicted octanol–water partition coefficient (Wildman–Crippen LogP) is -0.162. The van der Waals surface area contributed by atoms with E-state index in [-0.39, 0.29) is 0 Å². The van der Waals surface area contributed by atoms with Crippen molar-refractivity contribution in [3.63, 3.8) is 0 Å². The molecular weight excluding hydrogens is 412 g/mol. The summed E-state index contributed by atoms with van der Waals surface area (Å²) in [6, 6.07) is 3.11. The number of nitrogens with zero attached hydrogens (tertiary/aromatic N) is 6. The van der Waals surface area contributed by atoms with E-state index in [2.05, 4.69) is 26.1 Å². The van der Waals surface area contributed by atoms with Gasteiger partial charge in [-0.2, -0.15) is 38.7 Å². The van der Waals surface area contributed by atoms with Crippen LogP contribution in [0.4, 0.5) is 0 Å². The van der Waals surface area contributed by atoms with E-state index < -0.39 is 20.4 Å². The van der Waals surface area contributed by atoms with E-state index in [0.717, 1.165) is 16.8 Å². The second-order valence-electron chi connectivity index (χ2n) is 4.47. The predicted molar refractivity (Wildman–Crippen MR) is 88.2 cm³/mol. The highest BCUT2D eigenvalue weighted by molar-refractivity contribution is 9.10. The fourth-order valence-electron chi connectivity index (χ4n) is 1.14. The molecule has 13 heteroatoms. The van der Waals surface area contributed by atoms with Crippen LogP contribution in [0.15, 0.2) is 35.3 Å². The Labute approximate surface area is 143 Å². The maximum Gasteiger partial charge on any atom is 0.322 e. The molecule has 0 radical (unpaired) electrons. The summed E-state index contributed by atoms with van der Waals surface area (Å²) < 4.78 is 49.6. The van der Waals surface area contributed by atoms with Gasteiger partial charge in [0, 0.05) is 40.6 Å². The first-order chi connectivity index (χ1) is 10.5. The van der Waals surface area contributed by atoms with Crippen molar-refractivity contribution in [2.45, 2.75) is 0 Å². The highest BCUT2D eigenvalue weighted by Crippen LogP contribution is 2.07. The number of halogens is 1. The van der Waals surface area contributed by atoms with Crippen LogP contribution >= 0.6 is 15.9 Å². The number of hydrogen-bond donors (Lipinski definition) is 0. The molecule has 0 N–H and O–H groups in total. The van der Waals surface area contributed by atoms with Crippen molar-refractivity contribution in [1.29, 1.82) is 0 Å². The van der Waals surface area contributed by atoms with Gasteiger partial charge >= 0.3 is 20.4 Å². The van der Waals surface area contributed by atoms with Gasteiger partial charge in [0.1, 0.15) is 4.60 Å². The molecular formula is C10H17BrN6O4S2. The van der Waals surface area contributed by atoms with Crippen molar-refractivity contribution in [1.82, 2.24) is 27.0 Å². The lowest BCUT2D eigenvalue weighted by Crippen LogP contribution is -2.29. The Morgan fingerprint density at radius 3 is 1.83 bits per heavy atom. The number of rotatable bonds is 4. The van der Waals surface area contributed by atoms with Gasteiger partial charge in [-0.05, 0) is 28.1 Å². The maximum atomic E-state index is 11.4. The van der Waals surface area contributed by atoms with Crippen molar-refractivity contribution < 1.29 is 16.8 Å². The Balaban J connectivity index is 0.000000231. The smallest absolute Gasteiger partial charge is 0.189 e. The van der Waals surface area contributed by atoms with Crippen molar-refractivity contribution >= 4 is 36.3 Å². The van der Waals surface area contributed by atoms with Gasteiger partial charge < -0.3 is 0 Å². The SMILES string of the molecule is CN(C)S(=O)(=O)n1ccc(Br)n1.CN(C)S(=O)(=O)n1cccn1. The van der Waals surface area contributed by atoms with Crippen LogP contribution in [0, 0.1) is 0 Å². The second kappa shape index (κ2) is 7.53. The lowest BCUT2D eigenvalue weighted by atomic mass is 10.8. The molecule has 2 aromatic rings. The topological polar surface area (TPSA) is 110 Å². The molecule has 0 spiro atoms. The molecule has 0 saturated heterocycles. The lowest BCUT2D eigenvalue weighted by molar-refractivity contribution is 0.502. The Hall–Kier alpha value is -1.28. The van der Waals surface area contributed by atoms with Crippen molar-refractivity contribution in [2.24, 2.45) is 0 Å². The second-order valence-corrected chi connectivity index (χ2v) is 9.28. The van der Waals surface area contributed by atoms with Gasteiger partial charge in [0.15, 0.2) is 0 Å². The molecule has 0 amide bonds. The van der Waals surface area contributed by atoms with Crippen LogP contribution in [0.5, 0.6) is 0 Å². The van der Waals surface area contributed by atoms with Gasteiger partial charge in [-0.15, -0.1) is 5.10 Å².